The molecule has 1 saturated heterocycles. The Morgan fingerprint density at radius 1 is 0.980 bits per heavy atom. The van der Waals surface area contributed by atoms with Gasteiger partial charge in [-0.2, -0.15) is 4.98 Å². The Bertz CT molecular complexity index is 1440. The Balaban J connectivity index is 1.54. The van der Waals surface area contributed by atoms with Crippen LogP contribution in [0.15, 0.2) is 90.0 Å². The van der Waals surface area contributed by atoms with Gasteiger partial charge in [0.2, 0.25) is 12.2 Å². The molecule has 0 bridgehead atoms. The second-order valence-electron chi connectivity index (χ2n) is 12.4. The molecule has 2 heterocycles. The molecule has 282 valence electrons. The highest BCUT2D eigenvalue weighted by atomic mass is 19.1. The number of rotatable bonds is 22. The molecule has 4 N–H and O–H groups in total. The Kier molecular flexibility index (Phi) is 20.1. The maximum atomic E-state index is 15.4. The number of carbonyl (C=O) groups is 2. The van der Waals surface area contributed by atoms with E-state index in [9.17, 15) is 19.5 Å². The number of nitrogens with two attached hydrogens (primary N) is 1. The molecule has 2 amide bonds. The van der Waals surface area contributed by atoms with Crippen molar-refractivity contribution in [3.8, 4) is 0 Å². The fourth-order valence-corrected chi connectivity index (χ4v) is 4.82. The van der Waals surface area contributed by atoms with E-state index in [0.29, 0.717) is 32.5 Å². The van der Waals surface area contributed by atoms with Gasteiger partial charge in [-0.3, -0.25) is 9.36 Å². The Labute approximate surface area is 301 Å². The van der Waals surface area contributed by atoms with E-state index in [1.807, 2.05) is 18.0 Å². The van der Waals surface area contributed by atoms with Crippen molar-refractivity contribution >= 4 is 17.8 Å². The molecule has 2 rings (SSSR count). The molecule has 0 aliphatic carbocycles. The molecule has 0 radical (unpaired) electrons. The molecule has 4 atom stereocenters. The van der Waals surface area contributed by atoms with Crippen LogP contribution in [0.1, 0.15) is 71.4 Å². The lowest BCUT2D eigenvalue weighted by molar-refractivity contribution is -0.149. The van der Waals surface area contributed by atoms with E-state index in [1.165, 1.54) is 24.2 Å². The summed E-state index contributed by atoms with van der Waals surface area (Å²) >= 11 is 0. The standard InChI is InChI=1S/C38H57FN6O6/c1-5-6-7-8-9-10-11-12-13-14-15-16-17-18-19-20-21-22-23-24-32(46)41-26-28-43(3)29-30-44(4)37(49)51-34-33(47)38(2,39)35(50-34)45-27-25-31(40)42-36(45)48/h6-7,9-10,12-13,15-16,18-19,21-22,25,27,33-35,47H,5,8,11,14,17,20,23-24,26,28-30H2,1-4H3,(H,41,46)(H2,40,42,48)/b7-6-,10-9-,13-12-,16-15-,19-18-,22-21-/t33-,34-,35-,38-/m1/s1. The molecule has 0 spiro atoms. The molecule has 1 aliphatic rings. The summed E-state index contributed by atoms with van der Waals surface area (Å²) < 4.78 is 26.9. The Morgan fingerprint density at radius 2 is 1.53 bits per heavy atom. The number of hydrogen-bond donors (Lipinski definition) is 3. The predicted molar refractivity (Wildman–Crippen MR) is 199 cm³/mol. The normalized spacial score (nSPS) is 21.1. The SMILES string of the molecule is CC/C=C\C/C=C\C/C=C\C/C=C\C/C=C\C/C=C\CCC(=O)NCCN(C)CCN(C)C(=O)O[C@H]1O[C@@H](n2ccc(N)nc2=O)[C@](C)(F)[C@@H]1O. The van der Waals surface area contributed by atoms with Gasteiger partial charge in [-0.1, -0.05) is 79.8 Å². The lowest BCUT2D eigenvalue weighted by Gasteiger charge is -2.24. The van der Waals surface area contributed by atoms with Crippen LogP contribution in [0.25, 0.3) is 0 Å². The molecule has 51 heavy (non-hydrogen) atoms. The number of nitrogen functional groups attached to an aromatic ring is 1. The van der Waals surface area contributed by atoms with Gasteiger partial charge in [-0.05, 0) is 65.0 Å². The van der Waals surface area contributed by atoms with E-state index in [1.54, 1.807) is 0 Å². The summed E-state index contributed by atoms with van der Waals surface area (Å²) in [4.78, 5) is 43.8. The number of amides is 2. The van der Waals surface area contributed by atoms with Crippen molar-refractivity contribution in [2.45, 2.75) is 89.5 Å². The third kappa shape index (κ3) is 16.5. The van der Waals surface area contributed by atoms with Crippen LogP contribution in [-0.4, -0.2) is 94.8 Å². The van der Waals surface area contributed by atoms with Gasteiger partial charge in [-0.15, -0.1) is 0 Å². The van der Waals surface area contributed by atoms with Crippen LogP contribution >= 0.6 is 0 Å². The van der Waals surface area contributed by atoms with E-state index >= 15 is 4.39 Å². The lowest BCUT2D eigenvalue weighted by Crippen LogP contribution is -2.44. The van der Waals surface area contributed by atoms with E-state index in [-0.39, 0.29) is 18.3 Å². The number of likely N-dealkylation sites (N-methyl/N-ethyl adjacent to an activating group) is 2. The first-order chi connectivity index (χ1) is 24.5. The third-order valence-electron chi connectivity index (χ3n) is 7.98. The number of allylic oxidation sites excluding steroid dienone is 12. The molecule has 1 fully saturated rings. The maximum absolute atomic E-state index is 15.4. The molecular formula is C38H57FN6O6. The summed E-state index contributed by atoms with van der Waals surface area (Å²) in [5.41, 5.74) is 2.16. The number of carbonyl (C=O) groups excluding carboxylic acids is 2. The lowest BCUT2D eigenvalue weighted by atomic mass is 10.0. The summed E-state index contributed by atoms with van der Waals surface area (Å²) in [6.07, 6.45) is 27.8. The van der Waals surface area contributed by atoms with Gasteiger partial charge in [0.05, 0.1) is 0 Å². The molecule has 13 heteroatoms. The van der Waals surface area contributed by atoms with Crippen molar-refractivity contribution in [3.63, 3.8) is 0 Å². The summed E-state index contributed by atoms with van der Waals surface area (Å²) in [5, 5.41) is 13.4. The smallest absolute Gasteiger partial charge is 0.411 e. The molecule has 1 aromatic rings. The third-order valence-corrected chi connectivity index (χ3v) is 7.98. The number of halogens is 1. The second-order valence-corrected chi connectivity index (χ2v) is 12.4. The number of aromatic nitrogens is 2. The van der Waals surface area contributed by atoms with E-state index in [2.05, 4.69) is 84.1 Å². The molecule has 0 saturated carbocycles. The summed E-state index contributed by atoms with van der Waals surface area (Å²) in [5.74, 6) is -0.0851. The first kappa shape index (κ1) is 42.8. The van der Waals surface area contributed by atoms with Crippen LogP contribution in [0, 0.1) is 0 Å². The van der Waals surface area contributed by atoms with Crippen molar-refractivity contribution in [1.29, 1.82) is 0 Å². The molecule has 1 aliphatic heterocycles. The highest BCUT2D eigenvalue weighted by Crippen LogP contribution is 2.41. The summed E-state index contributed by atoms with van der Waals surface area (Å²) in [6, 6.07) is 1.29. The highest BCUT2D eigenvalue weighted by Gasteiger charge is 2.57. The Morgan fingerprint density at radius 3 is 2.08 bits per heavy atom. The van der Waals surface area contributed by atoms with Crippen LogP contribution in [0.3, 0.4) is 0 Å². The van der Waals surface area contributed by atoms with Crippen LogP contribution in [0.2, 0.25) is 0 Å². The zero-order chi connectivity index (χ0) is 37.5. The van der Waals surface area contributed by atoms with Gasteiger partial charge < -0.3 is 35.4 Å². The van der Waals surface area contributed by atoms with Gasteiger partial charge in [0.25, 0.3) is 0 Å². The summed E-state index contributed by atoms with van der Waals surface area (Å²) in [6.45, 7) is 4.91. The van der Waals surface area contributed by atoms with Crippen LogP contribution in [0.5, 0.6) is 0 Å². The minimum absolute atomic E-state index is 0.0334. The van der Waals surface area contributed by atoms with Gasteiger partial charge in [-0.25, -0.2) is 14.0 Å². The largest absolute Gasteiger partial charge is 0.416 e. The first-order valence-electron chi connectivity index (χ1n) is 17.6. The van der Waals surface area contributed by atoms with E-state index in [4.69, 9.17) is 15.2 Å². The number of alkyl halides is 1. The van der Waals surface area contributed by atoms with Gasteiger partial charge in [0, 0.05) is 45.8 Å². The summed E-state index contributed by atoms with van der Waals surface area (Å²) in [7, 11) is 3.35. The quantitative estimate of drug-likeness (QED) is 0.135. The number of anilines is 1. The average molecular weight is 713 g/mol. The van der Waals surface area contributed by atoms with Crippen molar-refractivity contribution < 1.29 is 28.6 Å². The van der Waals surface area contributed by atoms with Crippen molar-refractivity contribution in [3.05, 3.63) is 95.7 Å². The first-order valence-corrected chi connectivity index (χ1v) is 17.6. The van der Waals surface area contributed by atoms with Crippen molar-refractivity contribution in [2.75, 3.05) is 46.0 Å². The minimum Gasteiger partial charge on any atom is -0.416 e. The second kappa shape index (κ2) is 24.0. The average Bonchev–Trinajstić information content (AvgIpc) is 3.31. The number of aliphatic hydroxyl groups is 1. The van der Waals surface area contributed by atoms with Crippen LogP contribution in [-0.2, 0) is 14.3 Å². The van der Waals surface area contributed by atoms with E-state index in [0.717, 1.165) is 50.0 Å². The van der Waals surface area contributed by atoms with Crippen LogP contribution in [0.4, 0.5) is 15.0 Å². The van der Waals surface area contributed by atoms with Gasteiger partial charge in [0.15, 0.2) is 18.0 Å². The number of nitrogens with zero attached hydrogens (tertiary/aromatic N) is 4. The number of aliphatic hydroxyl groups excluding tert-OH is 1. The molecule has 12 nitrogen and oxygen atoms in total. The highest BCUT2D eigenvalue weighted by molar-refractivity contribution is 5.75. The van der Waals surface area contributed by atoms with Crippen molar-refractivity contribution in [2.24, 2.45) is 0 Å². The zero-order valence-electron chi connectivity index (χ0n) is 30.5. The van der Waals surface area contributed by atoms with Crippen LogP contribution < -0.4 is 16.7 Å². The molecular weight excluding hydrogens is 655 g/mol. The Hall–Kier alpha value is -4.33. The van der Waals surface area contributed by atoms with Gasteiger partial charge >= 0.3 is 11.8 Å². The van der Waals surface area contributed by atoms with Crippen molar-refractivity contribution in [1.82, 2.24) is 24.7 Å². The minimum atomic E-state index is -2.46. The topological polar surface area (TPSA) is 152 Å². The molecule has 0 aromatic carbocycles. The zero-order valence-corrected chi connectivity index (χ0v) is 30.5. The maximum Gasteiger partial charge on any atom is 0.411 e. The van der Waals surface area contributed by atoms with Gasteiger partial charge in [0.1, 0.15) is 5.82 Å². The number of hydrogen-bond acceptors (Lipinski definition) is 9. The predicted octanol–water partition coefficient (Wildman–Crippen LogP) is 5.36. The monoisotopic (exact) mass is 712 g/mol. The fourth-order valence-electron chi connectivity index (χ4n) is 4.82. The molecule has 1 aromatic heterocycles. The number of ether oxygens (including phenoxy) is 2. The van der Waals surface area contributed by atoms with E-state index < -0.39 is 36.1 Å². The number of nitrogens with one attached hydrogen (secondary N) is 1. The molecule has 0 unspecified atom stereocenters. The fraction of sp³-hybridized carbons (Fsp3) is 0.526.